The average Bonchev–Trinajstić information content (AvgIpc) is 2.34. The molecule has 0 aliphatic carbocycles. The van der Waals surface area contributed by atoms with Gasteiger partial charge < -0.3 is 9.87 Å². The lowest BCUT2D eigenvalue weighted by Gasteiger charge is -2.12. The third-order valence-corrected chi connectivity index (χ3v) is 3.41. The molecule has 0 radical (unpaired) electrons. The van der Waals surface area contributed by atoms with Crippen molar-refractivity contribution in [3.8, 4) is 0 Å². The maximum atomic E-state index is 11.2. The van der Waals surface area contributed by atoms with Gasteiger partial charge in [0.25, 0.3) is 0 Å². The molecule has 2 rings (SSSR count). The second kappa shape index (κ2) is 2.32. The molecule has 0 aromatic carbocycles. The highest BCUT2D eigenvalue weighted by atomic mass is 32.2. The zero-order valence-electron chi connectivity index (χ0n) is 5.54. The molecule has 0 bridgehead atoms. The first kappa shape index (κ1) is 6.31. The van der Waals surface area contributed by atoms with Gasteiger partial charge in [0.1, 0.15) is 5.75 Å². The van der Waals surface area contributed by atoms with Gasteiger partial charge in [0, 0.05) is 6.42 Å². The molecule has 2 atom stereocenters. The minimum absolute atomic E-state index is 0.367. The molecule has 2 aliphatic rings. The van der Waals surface area contributed by atoms with E-state index in [1.165, 1.54) is 0 Å². The van der Waals surface area contributed by atoms with E-state index in [4.69, 9.17) is 0 Å². The van der Waals surface area contributed by atoms with E-state index in [0.717, 1.165) is 17.1 Å². The Labute approximate surface area is 63.2 Å². The van der Waals surface area contributed by atoms with Crippen molar-refractivity contribution in [2.75, 3.05) is 5.75 Å². The number of hydrogen-bond donors (Lipinski definition) is 1. The fraction of sp³-hybridized carbons (Fsp3) is 0.429. The van der Waals surface area contributed by atoms with Gasteiger partial charge >= 0.3 is 0 Å². The first-order valence-corrected chi connectivity index (χ1v) is 4.71. The molecule has 10 heavy (non-hydrogen) atoms. The van der Waals surface area contributed by atoms with Crippen LogP contribution in [0.1, 0.15) is 6.42 Å². The number of nitrogens with one attached hydrogen (secondary N) is 1. The van der Waals surface area contributed by atoms with Crippen LogP contribution in [0.25, 0.3) is 0 Å². The van der Waals surface area contributed by atoms with Gasteiger partial charge in [-0.15, -0.1) is 0 Å². The molecule has 0 spiro atoms. The second-order valence-corrected chi connectivity index (χ2v) is 4.06. The lowest BCUT2D eigenvalue weighted by Crippen LogP contribution is -2.25. The lowest BCUT2D eigenvalue weighted by atomic mass is 10.2. The van der Waals surface area contributed by atoms with E-state index in [-0.39, 0.29) is 0 Å². The molecule has 2 nitrogen and oxygen atoms in total. The predicted octanol–water partition coefficient (Wildman–Crippen LogP) is 0.508. The first-order valence-electron chi connectivity index (χ1n) is 3.39. The van der Waals surface area contributed by atoms with Crippen LogP contribution in [0.4, 0.5) is 0 Å². The predicted molar refractivity (Wildman–Crippen MR) is 41.8 cm³/mol. The van der Waals surface area contributed by atoms with Gasteiger partial charge in [-0.1, -0.05) is 0 Å². The van der Waals surface area contributed by atoms with Crippen LogP contribution in [0.5, 0.6) is 0 Å². The number of allylic oxidation sites excluding steroid dienone is 2. The molecule has 1 N–H and O–H groups in total. The third kappa shape index (κ3) is 0.859. The summed E-state index contributed by atoms with van der Waals surface area (Å²) >= 11 is -0.692. The normalized spacial score (nSPS) is 36.7. The van der Waals surface area contributed by atoms with Gasteiger partial charge in [-0.3, -0.25) is 0 Å². The van der Waals surface area contributed by atoms with Gasteiger partial charge in [-0.05, 0) is 29.5 Å². The standard InChI is InChI=1S/C7H9NOS/c9-10-5-3-6-7(10)2-1-4-8-6/h1-2,4,6,8H,3,5H2. The van der Waals surface area contributed by atoms with Crippen molar-refractivity contribution in [3.63, 3.8) is 0 Å². The summed E-state index contributed by atoms with van der Waals surface area (Å²) in [6, 6.07) is 0.367. The molecule has 1 saturated heterocycles. The Kier molecular flexibility index (Phi) is 1.47. The molecule has 0 aromatic heterocycles. The van der Waals surface area contributed by atoms with Crippen molar-refractivity contribution >= 4 is 11.2 Å². The molecular formula is C7H9NOS. The van der Waals surface area contributed by atoms with E-state index < -0.39 is 11.2 Å². The van der Waals surface area contributed by atoms with Gasteiger partial charge in [0.2, 0.25) is 0 Å². The van der Waals surface area contributed by atoms with Gasteiger partial charge in [0.15, 0.2) is 4.91 Å². The van der Waals surface area contributed by atoms with Crippen molar-refractivity contribution in [2.45, 2.75) is 12.5 Å². The van der Waals surface area contributed by atoms with E-state index in [1.54, 1.807) is 0 Å². The second-order valence-electron chi connectivity index (χ2n) is 2.49. The highest BCUT2D eigenvalue weighted by Gasteiger charge is 2.33. The molecule has 2 aliphatic heterocycles. The summed E-state index contributed by atoms with van der Waals surface area (Å²) in [5, 5.41) is 3.17. The number of fused-ring (bicyclic) bond motifs is 1. The molecule has 0 aromatic rings. The van der Waals surface area contributed by atoms with E-state index in [1.807, 2.05) is 18.4 Å². The third-order valence-electron chi connectivity index (χ3n) is 1.85. The van der Waals surface area contributed by atoms with Crippen LogP contribution in [0.2, 0.25) is 0 Å². The topological polar surface area (TPSA) is 35.1 Å². The van der Waals surface area contributed by atoms with E-state index in [9.17, 15) is 4.55 Å². The van der Waals surface area contributed by atoms with Crippen LogP contribution in [-0.2, 0) is 11.2 Å². The minimum atomic E-state index is -0.692. The van der Waals surface area contributed by atoms with Crippen LogP contribution >= 0.6 is 0 Å². The van der Waals surface area contributed by atoms with Crippen LogP contribution in [0, 0.1) is 0 Å². The van der Waals surface area contributed by atoms with Gasteiger partial charge in [-0.2, -0.15) is 0 Å². The van der Waals surface area contributed by atoms with Crippen LogP contribution < -0.4 is 5.32 Å². The Bertz CT molecular complexity index is 200. The van der Waals surface area contributed by atoms with Gasteiger partial charge in [-0.25, -0.2) is 0 Å². The van der Waals surface area contributed by atoms with Crippen molar-refractivity contribution in [1.29, 1.82) is 0 Å². The largest absolute Gasteiger partial charge is 0.612 e. The van der Waals surface area contributed by atoms with Crippen molar-refractivity contribution in [2.24, 2.45) is 0 Å². The summed E-state index contributed by atoms with van der Waals surface area (Å²) in [6.45, 7) is 0. The summed E-state index contributed by atoms with van der Waals surface area (Å²) in [6.07, 6.45) is 6.80. The molecule has 2 heterocycles. The van der Waals surface area contributed by atoms with E-state index in [0.29, 0.717) is 6.04 Å². The SMILES string of the molecule is [O-][S+]1CCC2NC=CC=C21. The molecular weight excluding hydrogens is 146 g/mol. The Hall–Kier alpha value is -0.410. The minimum Gasteiger partial charge on any atom is -0.612 e. The molecule has 2 unspecified atom stereocenters. The number of dihydropyridines is 1. The van der Waals surface area contributed by atoms with E-state index >= 15 is 0 Å². The smallest absolute Gasteiger partial charge is 0.152 e. The molecule has 1 fully saturated rings. The molecule has 54 valence electrons. The zero-order valence-corrected chi connectivity index (χ0v) is 6.36. The van der Waals surface area contributed by atoms with Crippen LogP contribution in [0.3, 0.4) is 0 Å². The summed E-state index contributed by atoms with van der Waals surface area (Å²) in [7, 11) is 0. The maximum absolute atomic E-state index is 11.2. The lowest BCUT2D eigenvalue weighted by molar-refractivity contribution is 0.604. The Morgan fingerprint density at radius 1 is 1.70 bits per heavy atom. The Morgan fingerprint density at radius 3 is 3.40 bits per heavy atom. The van der Waals surface area contributed by atoms with E-state index in [2.05, 4.69) is 5.32 Å². The van der Waals surface area contributed by atoms with Crippen molar-refractivity contribution in [3.05, 3.63) is 23.3 Å². The summed E-state index contributed by atoms with van der Waals surface area (Å²) in [4.78, 5) is 1.07. The maximum Gasteiger partial charge on any atom is 0.152 e. The molecule has 3 heteroatoms. The van der Waals surface area contributed by atoms with Crippen molar-refractivity contribution < 1.29 is 4.55 Å². The first-order chi connectivity index (χ1) is 4.88. The Balaban J connectivity index is 2.25. The van der Waals surface area contributed by atoms with Crippen LogP contribution in [0.15, 0.2) is 23.3 Å². The highest BCUT2D eigenvalue weighted by Crippen LogP contribution is 2.26. The summed E-state index contributed by atoms with van der Waals surface area (Å²) in [5.41, 5.74) is 0. The fourth-order valence-electron chi connectivity index (χ4n) is 1.32. The fourth-order valence-corrected chi connectivity index (χ4v) is 2.73. The van der Waals surface area contributed by atoms with Gasteiger partial charge in [0.05, 0.1) is 6.04 Å². The monoisotopic (exact) mass is 155 g/mol. The van der Waals surface area contributed by atoms with Crippen LogP contribution in [-0.4, -0.2) is 16.3 Å². The quantitative estimate of drug-likeness (QED) is 0.517. The summed E-state index contributed by atoms with van der Waals surface area (Å²) < 4.78 is 11.2. The average molecular weight is 155 g/mol. The molecule has 0 saturated carbocycles. The number of hydrogen-bond acceptors (Lipinski definition) is 2. The zero-order chi connectivity index (χ0) is 6.97. The summed E-state index contributed by atoms with van der Waals surface area (Å²) in [5.74, 6) is 0.825. The number of rotatable bonds is 0. The molecule has 0 amide bonds. The Morgan fingerprint density at radius 2 is 2.60 bits per heavy atom. The van der Waals surface area contributed by atoms with Crippen molar-refractivity contribution in [1.82, 2.24) is 5.32 Å². The highest BCUT2D eigenvalue weighted by molar-refractivity contribution is 7.95.